The molecule has 2 fully saturated rings. The standard InChI is InChI=1S/C15H29NO2/c1-5-6-7-15-10-12(14(2,3)4)16-11-13(15)17-8-9-18-15/h12-13,16H,5-11H2,1-4H3. The molecule has 0 radical (unpaired) electrons. The zero-order valence-electron chi connectivity index (χ0n) is 12.4. The van der Waals surface area contributed by atoms with Crippen molar-refractivity contribution in [2.45, 2.75) is 71.1 Å². The fourth-order valence-electron chi connectivity index (χ4n) is 3.21. The van der Waals surface area contributed by atoms with Gasteiger partial charge in [-0.1, -0.05) is 40.5 Å². The minimum absolute atomic E-state index is 0.0303. The average Bonchev–Trinajstić information content (AvgIpc) is 2.34. The molecule has 18 heavy (non-hydrogen) atoms. The van der Waals surface area contributed by atoms with E-state index in [1.807, 2.05) is 0 Å². The Labute approximate surface area is 112 Å². The molecule has 2 heterocycles. The van der Waals surface area contributed by atoms with Gasteiger partial charge in [-0.25, -0.2) is 0 Å². The number of unbranched alkanes of at least 4 members (excludes halogenated alkanes) is 1. The molecular formula is C15H29NO2. The lowest BCUT2D eigenvalue weighted by Gasteiger charge is -2.52. The Bertz CT molecular complexity index is 274. The van der Waals surface area contributed by atoms with Gasteiger partial charge in [-0.05, 0) is 18.3 Å². The van der Waals surface area contributed by atoms with Crippen LogP contribution in [0.15, 0.2) is 0 Å². The van der Waals surface area contributed by atoms with Gasteiger partial charge in [0.15, 0.2) is 0 Å². The lowest BCUT2D eigenvalue weighted by atomic mass is 9.73. The number of fused-ring (bicyclic) bond motifs is 1. The van der Waals surface area contributed by atoms with E-state index >= 15 is 0 Å². The first kappa shape index (κ1) is 14.3. The van der Waals surface area contributed by atoms with E-state index in [-0.39, 0.29) is 17.1 Å². The molecule has 0 amide bonds. The van der Waals surface area contributed by atoms with Crippen molar-refractivity contribution in [1.82, 2.24) is 5.32 Å². The van der Waals surface area contributed by atoms with Crippen LogP contribution in [0.4, 0.5) is 0 Å². The molecule has 2 aliphatic rings. The van der Waals surface area contributed by atoms with Gasteiger partial charge in [0.05, 0.1) is 24.9 Å². The van der Waals surface area contributed by atoms with Crippen LogP contribution in [-0.2, 0) is 9.47 Å². The highest BCUT2D eigenvalue weighted by molar-refractivity contribution is 5.02. The second kappa shape index (κ2) is 5.48. The number of hydrogen-bond acceptors (Lipinski definition) is 3. The normalized spacial score (nSPS) is 37.3. The van der Waals surface area contributed by atoms with Crippen LogP contribution < -0.4 is 5.32 Å². The zero-order valence-corrected chi connectivity index (χ0v) is 12.4. The second-order valence-electron chi connectivity index (χ2n) is 6.91. The maximum atomic E-state index is 6.23. The summed E-state index contributed by atoms with van der Waals surface area (Å²) < 4.78 is 12.2. The van der Waals surface area contributed by atoms with Gasteiger partial charge in [-0.15, -0.1) is 0 Å². The van der Waals surface area contributed by atoms with Gasteiger partial charge in [-0.2, -0.15) is 0 Å². The molecule has 0 spiro atoms. The van der Waals surface area contributed by atoms with E-state index in [4.69, 9.17) is 9.47 Å². The number of piperidine rings is 1. The van der Waals surface area contributed by atoms with Crippen LogP contribution in [0.3, 0.4) is 0 Å². The van der Waals surface area contributed by atoms with E-state index in [2.05, 4.69) is 33.0 Å². The molecule has 106 valence electrons. The summed E-state index contributed by atoms with van der Waals surface area (Å²) in [5, 5.41) is 3.65. The van der Waals surface area contributed by atoms with Crippen molar-refractivity contribution >= 4 is 0 Å². The minimum atomic E-state index is -0.0303. The van der Waals surface area contributed by atoms with Gasteiger partial charge in [-0.3, -0.25) is 0 Å². The molecule has 0 saturated carbocycles. The summed E-state index contributed by atoms with van der Waals surface area (Å²) in [4.78, 5) is 0. The highest BCUT2D eigenvalue weighted by Crippen LogP contribution is 2.39. The molecule has 3 nitrogen and oxygen atoms in total. The third kappa shape index (κ3) is 2.89. The molecule has 2 saturated heterocycles. The summed E-state index contributed by atoms with van der Waals surface area (Å²) in [6.45, 7) is 11.6. The SMILES string of the molecule is CCCCC12CC(C(C)(C)C)NCC1OCCO2. The quantitative estimate of drug-likeness (QED) is 0.841. The summed E-state index contributed by atoms with van der Waals surface area (Å²) >= 11 is 0. The first-order valence-electron chi connectivity index (χ1n) is 7.47. The Morgan fingerprint density at radius 2 is 2.06 bits per heavy atom. The van der Waals surface area contributed by atoms with E-state index in [0.717, 1.165) is 32.6 Å². The first-order valence-corrected chi connectivity index (χ1v) is 7.47. The lowest BCUT2D eigenvalue weighted by molar-refractivity contribution is -0.225. The highest BCUT2D eigenvalue weighted by Gasteiger charge is 2.49. The summed E-state index contributed by atoms with van der Waals surface area (Å²) in [6, 6.07) is 0.521. The maximum Gasteiger partial charge on any atom is 0.0990 e. The maximum absolute atomic E-state index is 6.23. The van der Waals surface area contributed by atoms with E-state index in [1.165, 1.54) is 12.8 Å². The molecule has 2 rings (SSSR count). The second-order valence-corrected chi connectivity index (χ2v) is 6.91. The van der Waals surface area contributed by atoms with Crippen molar-refractivity contribution < 1.29 is 9.47 Å². The van der Waals surface area contributed by atoms with E-state index in [9.17, 15) is 0 Å². The van der Waals surface area contributed by atoms with Crippen LogP contribution in [0, 0.1) is 5.41 Å². The topological polar surface area (TPSA) is 30.5 Å². The van der Waals surface area contributed by atoms with Gasteiger partial charge < -0.3 is 14.8 Å². The number of ether oxygens (including phenoxy) is 2. The Morgan fingerprint density at radius 3 is 2.72 bits per heavy atom. The van der Waals surface area contributed by atoms with Gasteiger partial charge in [0.2, 0.25) is 0 Å². The molecular weight excluding hydrogens is 226 g/mol. The summed E-state index contributed by atoms with van der Waals surface area (Å²) in [6.07, 6.45) is 4.93. The molecule has 2 aliphatic heterocycles. The highest BCUT2D eigenvalue weighted by atomic mass is 16.6. The largest absolute Gasteiger partial charge is 0.371 e. The average molecular weight is 255 g/mol. The first-order chi connectivity index (χ1) is 8.48. The number of rotatable bonds is 3. The molecule has 0 aromatic heterocycles. The molecule has 3 unspecified atom stereocenters. The summed E-state index contributed by atoms with van der Waals surface area (Å²) in [5.74, 6) is 0. The zero-order chi connectivity index (χ0) is 13.2. The summed E-state index contributed by atoms with van der Waals surface area (Å²) in [7, 11) is 0. The molecule has 0 aromatic rings. The van der Waals surface area contributed by atoms with Crippen LogP contribution in [0.1, 0.15) is 53.4 Å². The molecule has 0 aliphatic carbocycles. The van der Waals surface area contributed by atoms with Crippen molar-refractivity contribution in [2.24, 2.45) is 5.41 Å². The van der Waals surface area contributed by atoms with E-state index in [1.54, 1.807) is 0 Å². The van der Waals surface area contributed by atoms with E-state index in [0.29, 0.717) is 6.04 Å². The van der Waals surface area contributed by atoms with Crippen molar-refractivity contribution in [1.29, 1.82) is 0 Å². The lowest BCUT2D eigenvalue weighted by Crippen LogP contribution is -2.64. The minimum Gasteiger partial charge on any atom is -0.371 e. The Hall–Kier alpha value is -0.120. The molecule has 1 N–H and O–H groups in total. The Balaban J connectivity index is 2.11. The van der Waals surface area contributed by atoms with Crippen LogP contribution in [-0.4, -0.2) is 37.5 Å². The molecule has 0 bridgehead atoms. The monoisotopic (exact) mass is 255 g/mol. The van der Waals surface area contributed by atoms with Gasteiger partial charge >= 0.3 is 0 Å². The van der Waals surface area contributed by atoms with Gasteiger partial charge in [0.25, 0.3) is 0 Å². The predicted octanol–water partition coefficient (Wildman–Crippen LogP) is 2.74. The third-order valence-electron chi connectivity index (χ3n) is 4.48. The smallest absolute Gasteiger partial charge is 0.0990 e. The predicted molar refractivity (Wildman–Crippen MR) is 73.8 cm³/mol. The Morgan fingerprint density at radius 1 is 1.28 bits per heavy atom. The van der Waals surface area contributed by atoms with Gasteiger partial charge in [0, 0.05) is 12.6 Å². The van der Waals surface area contributed by atoms with Crippen molar-refractivity contribution in [3.8, 4) is 0 Å². The third-order valence-corrected chi connectivity index (χ3v) is 4.48. The van der Waals surface area contributed by atoms with Crippen molar-refractivity contribution in [3.05, 3.63) is 0 Å². The van der Waals surface area contributed by atoms with Crippen molar-refractivity contribution in [2.75, 3.05) is 19.8 Å². The van der Waals surface area contributed by atoms with Crippen LogP contribution >= 0.6 is 0 Å². The number of hydrogen-bond donors (Lipinski definition) is 1. The summed E-state index contributed by atoms with van der Waals surface area (Å²) in [5.41, 5.74) is 0.252. The number of nitrogens with one attached hydrogen (secondary N) is 1. The van der Waals surface area contributed by atoms with Crippen LogP contribution in [0.5, 0.6) is 0 Å². The Kier molecular flexibility index (Phi) is 4.35. The van der Waals surface area contributed by atoms with Crippen LogP contribution in [0.25, 0.3) is 0 Å². The molecule has 3 heteroatoms. The van der Waals surface area contributed by atoms with Gasteiger partial charge in [0.1, 0.15) is 0 Å². The van der Waals surface area contributed by atoms with Crippen molar-refractivity contribution in [3.63, 3.8) is 0 Å². The molecule has 3 atom stereocenters. The molecule has 0 aromatic carbocycles. The van der Waals surface area contributed by atoms with Crippen LogP contribution in [0.2, 0.25) is 0 Å². The van der Waals surface area contributed by atoms with E-state index < -0.39 is 0 Å². The fraction of sp³-hybridized carbons (Fsp3) is 1.00. The fourth-order valence-corrected chi connectivity index (χ4v) is 3.21.